The average molecular weight is 423 g/mol. The SMILES string of the molecule is [2H]C(C)(C)c1cc(-c2cccc3c2sc2cc4c(ccc5ccccc54)cc23)ncc1F. The lowest BCUT2D eigenvalue weighted by Crippen LogP contribution is -1.96. The summed E-state index contributed by atoms with van der Waals surface area (Å²) in [6.45, 7) is 3.40. The molecule has 0 aliphatic rings. The highest BCUT2D eigenvalue weighted by Gasteiger charge is 2.15. The summed E-state index contributed by atoms with van der Waals surface area (Å²) in [6.07, 6.45) is 1.24. The summed E-state index contributed by atoms with van der Waals surface area (Å²) in [5.74, 6) is -1.47. The van der Waals surface area contributed by atoms with E-state index >= 15 is 0 Å². The van der Waals surface area contributed by atoms with Crippen LogP contribution in [0.3, 0.4) is 0 Å². The normalized spacial score (nSPS) is 12.8. The lowest BCUT2D eigenvalue weighted by molar-refractivity contribution is 0.592. The summed E-state index contributed by atoms with van der Waals surface area (Å²) in [4.78, 5) is 4.39. The Kier molecular flexibility index (Phi) is 3.85. The Hall–Kier alpha value is -3.30. The fourth-order valence-electron chi connectivity index (χ4n) is 4.47. The third kappa shape index (κ3) is 2.84. The first-order valence-electron chi connectivity index (χ1n) is 10.8. The summed E-state index contributed by atoms with van der Waals surface area (Å²) in [5.41, 5.74) is 2.04. The number of hydrogen-bond donors (Lipinski definition) is 0. The van der Waals surface area contributed by atoms with Gasteiger partial charge in [0.2, 0.25) is 0 Å². The van der Waals surface area contributed by atoms with Gasteiger partial charge in [-0.3, -0.25) is 4.98 Å². The van der Waals surface area contributed by atoms with Crippen molar-refractivity contribution in [3.63, 3.8) is 0 Å². The maximum atomic E-state index is 14.4. The molecule has 31 heavy (non-hydrogen) atoms. The summed E-state index contributed by atoms with van der Waals surface area (Å²) in [7, 11) is 0. The van der Waals surface area contributed by atoms with Crippen LogP contribution in [0.4, 0.5) is 4.39 Å². The van der Waals surface area contributed by atoms with E-state index in [0.29, 0.717) is 11.3 Å². The van der Waals surface area contributed by atoms with Gasteiger partial charge in [0.1, 0.15) is 5.82 Å². The molecule has 0 fully saturated rings. The third-order valence-corrected chi connectivity index (χ3v) is 7.23. The highest BCUT2D eigenvalue weighted by Crippen LogP contribution is 2.42. The summed E-state index contributed by atoms with van der Waals surface area (Å²) in [6, 6.07) is 25.3. The van der Waals surface area contributed by atoms with Crippen molar-refractivity contribution in [3.05, 3.63) is 90.4 Å². The van der Waals surface area contributed by atoms with Gasteiger partial charge >= 0.3 is 0 Å². The van der Waals surface area contributed by atoms with Crippen LogP contribution in [-0.2, 0) is 0 Å². The average Bonchev–Trinajstić information content (AvgIpc) is 3.15. The first-order chi connectivity index (χ1) is 15.4. The molecule has 0 saturated carbocycles. The fraction of sp³-hybridized carbons (Fsp3) is 0.107. The molecular weight excluding hydrogens is 401 g/mol. The van der Waals surface area contributed by atoms with Gasteiger partial charge in [-0.2, -0.15) is 0 Å². The van der Waals surface area contributed by atoms with E-state index in [1.807, 2.05) is 12.1 Å². The first-order valence-corrected chi connectivity index (χ1v) is 11.1. The zero-order valence-corrected chi connectivity index (χ0v) is 18.1. The number of aromatic nitrogens is 1. The molecule has 0 spiro atoms. The fourth-order valence-corrected chi connectivity index (χ4v) is 5.72. The van der Waals surface area contributed by atoms with Crippen molar-refractivity contribution in [3.8, 4) is 11.3 Å². The Morgan fingerprint density at radius 3 is 2.52 bits per heavy atom. The molecule has 6 rings (SSSR count). The standard InChI is InChI=1S/C28H20FNS/c1-16(2)22-13-26(30-15-25(22)29)21-9-5-8-20-24-12-18-11-10-17-6-3-4-7-19(17)23(18)14-27(24)31-28(20)21/h3-16H,1-2H3/i16D. The van der Waals surface area contributed by atoms with E-state index in [2.05, 4.69) is 59.6 Å². The van der Waals surface area contributed by atoms with Gasteiger partial charge in [-0.05, 0) is 51.2 Å². The van der Waals surface area contributed by atoms with Crippen molar-refractivity contribution in [2.24, 2.45) is 0 Å². The van der Waals surface area contributed by atoms with Crippen LogP contribution < -0.4 is 0 Å². The summed E-state index contributed by atoms with van der Waals surface area (Å²) < 4.78 is 25.0. The first kappa shape index (κ1) is 17.4. The van der Waals surface area contributed by atoms with Crippen LogP contribution in [0.15, 0.2) is 79.0 Å². The molecule has 0 aliphatic carbocycles. The summed E-state index contributed by atoms with van der Waals surface area (Å²) in [5, 5.41) is 7.36. The van der Waals surface area contributed by atoms with Crippen LogP contribution in [-0.4, -0.2) is 4.98 Å². The zero-order chi connectivity index (χ0) is 22.0. The number of rotatable bonds is 2. The minimum Gasteiger partial charge on any atom is -0.253 e. The predicted molar refractivity (Wildman–Crippen MR) is 132 cm³/mol. The van der Waals surface area contributed by atoms with Crippen molar-refractivity contribution in [1.82, 2.24) is 4.98 Å². The van der Waals surface area contributed by atoms with Gasteiger partial charge in [0, 0.05) is 27.1 Å². The van der Waals surface area contributed by atoms with Crippen molar-refractivity contribution in [2.45, 2.75) is 19.7 Å². The van der Waals surface area contributed by atoms with Crippen molar-refractivity contribution < 1.29 is 5.76 Å². The highest BCUT2D eigenvalue weighted by molar-refractivity contribution is 7.26. The molecule has 0 bridgehead atoms. The lowest BCUT2D eigenvalue weighted by atomic mass is 9.98. The molecule has 2 aromatic heterocycles. The molecule has 0 unspecified atom stereocenters. The topological polar surface area (TPSA) is 12.9 Å². The molecule has 150 valence electrons. The van der Waals surface area contributed by atoms with E-state index in [1.54, 1.807) is 31.3 Å². The molecule has 0 aliphatic heterocycles. The Morgan fingerprint density at radius 1 is 0.839 bits per heavy atom. The molecule has 1 nitrogen and oxygen atoms in total. The van der Waals surface area contributed by atoms with Crippen molar-refractivity contribution >= 4 is 53.1 Å². The zero-order valence-electron chi connectivity index (χ0n) is 18.2. The van der Waals surface area contributed by atoms with Gasteiger partial charge in [-0.15, -0.1) is 11.3 Å². The molecular formula is C28H20FNS. The quantitative estimate of drug-likeness (QED) is 0.254. The molecule has 0 N–H and O–H groups in total. The van der Waals surface area contributed by atoms with Crippen molar-refractivity contribution in [2.75, 3.05) is 0 Å². The van der Waals surface area contributed by atoms with Crippen molar-refractivity contribution in [1.29, 1.82) is 0 Å². The summed E-state index contributed by atoms with van der Waals surface area (Å²) >= 11 is 1.74. The van der Waals surface area contributed by atoms with E-state index in [9.17, 15) is 4.39 Å². The molecule has 0 radical (unpaired) electrons. The molecule has 4 aromatic carbocycles. The van der Waals surface area contributed by atoms with Gasteiger partial charge < -0.3 is 0 Å². The van der Waals surface area contributed by atoms with E-state index < -0.39 is 11.7 Å². The molecule has 6 aromatic rings. The Labute approximate surface area is 185 Å². The Morgan fingerprint density at radius 2 is 1.65 bits per heavy atom. The number of hydrogen-bond acceptors (Lipinski definition) is 2. The third-order valence-electron chi connectivity index (χ3n) is 6.03. The lowest BCUT2D eigenvalue weighted by Gasteiger charge is -2.09. The number of halogens is 1. The van der Waals surface area contributed by atoms with Crippen LogP contribution in [0.25, 0.3) is 53.0 Å². The molecule has 0 saturated heterocycles. The molecule has 2 heterocycles. The van der Waals surface area contributed by atoms with Crippen LogP contribution in [0.2, 0.25) is 0 Å². The maximum Gasteiger partial charge on any atom is 0.144 e. The van der Waals surface area contributed by atoms with Crippen LogP contribution in [0.1, 0.15) is 26.7 Å². The number of nitrogens with zero attached hydrogens (tertiary/aromatic N) is 1. The van der Waals surface area contributed by atoms with Gasteiger partial charge in [-0.25, -0.2) is 4.39 Å². The second-order valence-electron chi connectivity index (χ2n) is 8.19. The van der Waals surface area contributed by atoms with Gasteiger partial charge in [0.15, 0.2) is 0 Å². The van der Waals surface area contributed by atoms with E-state index in [1.165, 1.54) is 43.2 Å². The van der Waals surface area contributed by atoms with Gasteiger partial charge in [0.05, 0.1) is 11.9 Å². The van der Waals surface area contributed by atoms with E-state index in [-0.39, 0.29) is 0 Å². The van der Waals surface area contributed by atoms with Crippen LogP contribution in [0, 0.1) is 5.82 Å². The number of benzene rings is 4. The minimum atomic E-state index is -1.03. The van der Waals surface area contributed by atoms with Crippen LogP contribution in [0.5, 0.6) is 0 Å². The number of pyridine rings is 1. The number of thiophene rings is 1. The Bertz CT molecular complexity index is 1680. The largest absolute Gasteiger partial charge is 0.253 e. The number of fused-ring (bicyclic) bond motifs is 6. The Balaban J connectivity index is 1.65. The maximum absolute atomic E-state index is 14.4. The predicted octanol–water partition coefficient (Wildman–Crippen LogP) is 8.69. The van der Waals surface area contributed by atoms with Gasteiger partial charge in [0.25, 0.3) is 0 Å². The second-order valence-corrected chi connectivity index (χ2v) is 9.24. The minimum absolute atomic E-state index is 0.359. The van der Waals surface area contributed by atoms with E-state index in [4.69, 9.17) is 1.37 Å². The molecule has 0 atom stereocenters. The molecule has 0 amide bonds. The van der Waals surface area contributed by atoms with Crippen LogP contribution >= 0.6 is 11.3 Å². The highest BCUT2D eigenvalue weighted by atomic mass is 32.1. The molecule has 3 heteroatoms. The second kappa shape index (κ2) is 6.86. The van der Waals surface area contributed by atoms with E-state index in [0.717, 1.165) is 10.3 Å². The smallest absolute Gasteiger partial charge is 0.144 e. The van der Waals surface area contributed by atoms with Gasteiger partial charge in [-0.1, -0.05) is 68.4 Å². The monoisotopic (exact) mass is 422 g/mol.